The molecule has 2 amide bonds. The van der Waals surface area contributed by atoms with Crippen LogP contribution in [0.5, 0.6) is 5.75 Å². The van der Waals surface area contributed by atoms with E-state index >= 15 is 0 Å². The summed E-state index contributed by atoms with van der Waals surface area (Å²) in [6.45, 7) is 1.97. The molecule has 4 bridgehead atoms. The van der Waals surface area contributed by atoms with Crippen molar-refractivity contribution in [3.63, 3.8) is 0 Å². The number of rotatable bonds is 4. The highest BCUT2D eigenvalue weighted by molar-refractivity contribution is 8.26. The first-order valence-electron chi connectivity index (χ1n) is 10.6. The van der Waals surface area contributed by atoms with Gasteiger partial charge in [-0.2, -0.15) is 5.01 Å². The number of methoxy groups -OCH3 is 1. The van der Waals surface area contributed by atoms with Crippen LogP contribution in [0.2, 0.25) is 0 Å². The molecule has 5 fully saturated rings. The second-order valence-electron chi connectivity index (χ2n) is 9.38. The van der Waals surface area contributed by atoms with E-state index in [1.807, 2.05) is 25.1 Å². The summed E-state index contributed by atoms with van der Waals surface area (Å²) in [5.74, 6) is 2.51. The van der Waals surface area contributed by atoms with Crippen molar-refractivity contribution in [2.45, 2.75) is 45.4 Å². The van der Waals surface area contributed by atoms with E-state index in [1.54, 1.807) is 13.2 Å². The molecule has 0 unspecified atom stereocenters. The maximum absolute atomic E-state index is 13.3. The summed E-state index contributed by atoms with van der Waals surface area (Å²) < 4.78 is 5.75. The fourth-order valence-corrected chi connectivity index (χ4v) is 7.43. The molecule has 1 saturated heterocycles. The lowest BCUT2D eigenvalue weighted by Crippen LogP contribution is -2.57. The summed E-state index contributed by atoms with van der Waals surface area (Å²) >= 11 is 6.66. The van der Waals surface area contributed by atoms with Crippen LogP contribution >= 0.6 is 24.0 Å². The van der Waals surface area contributed by atoms with Crippen molar-refractivity contribution in [1.29, 1.82) is 0 Å². The maximum atomic E-state index is 13.3. The number of carbonyl (C=O) groups excluding carboxylic acids is 2. The summed E-state index contributed by atoms with van der Waals surface area (Å²) in [5.41, 5.74) is 4.49. The van der Waals surface area contributed by atoms with Gasteiger partial charge in [0.1, 0.15) is 5.75 Å². The lowest BCUT2D eigenvalue weighted by atomic mass is 9.49. The molecule has 5 aliphatic rings. The van der Waals surface area contributed by atoms with E-state index in [0.29, 0.717) is 27.0 Å². The Bertz CT molecular complexity index is 936. The largest absolute Gasteiger partial charge is 0.496 e. The number of hydrazine groups is 1. The standard InChI is InChI=1S/C23H26N2O3S2/c1-13-3-4-14(8-18(13)28-2)9-19-20(26)25(22(29)30-19)24-21(27)23-10-15-5-16(11-23)7-17(6-15)12-23/h3-4,8-9,15-17H,5-7,10-12H2,1-2H3,(H,24,27)/b19-9+. The van der Waals surface area contributed by atoms with Crippen LogP contribution in [0, 0.1) is 30.1 Å². The van der Waals surface area contributed by atoms with Gasteiger partial charge in [0.15, 0.2) is 4.32 Å². The molecular formula is C23H26N2O3S2. The van der Waals surface area contributed by atoms with Crippen LogP contribution in [-0.2, 0) is 9.59 Å². The van der Waals surface area contributed by atoms with Crippen LogP contribution < -0.4 is 10.2 Å². The molecule has 0 atom stereocenters. The van der Waals surface area contributed by atoms with E-state index in [9.17, 15) is 9.59 Å². The summed E-state index contributed by atoms with van der Waals surface area (Å²) in [6, 6.07) is 5.80. The highest BCUT2D eigenvalue weighted by atomic mass is 32.2. The molecule has 4 aliphatic carbocycles. The van der Waals surface area contributed by atoms with Crippen LogP contribution in [0.4, 0.5) is 0 Å². The zero-order valence-electron chi connectivity index (χ0n) is 17.3. The number of carbonyl (C=O) groups is 2. The lowest BCUT2D eigenvalue weighted by Gasteiger charge is -2.55. The van der Waals surface area contributed by atoms with Gasteiger partial charge in [-0.3, -0.25) is 15.0 Å². The molecule has 6 rings (SSSR count). The first kappa shape index (κ1) is 20.1. The number of ether oxygens (including phenoxy) is 1. The molecule has 1 aliphatic heterocycles. The Labute approximate surface area is 186 Å². The average molecular weight is 443 g/mol. The monoisotopic (exact) mass is 442 g/mol. The molecule has 4 saturated carbocycles. The van der Waals surface area contributed by atoms with Crippen molar-refractivity contribution in [2.75, 3.05) is 7.11 Å². The Morgan fingerprint density at radius 1 is 1.23 bits per heavy atom. The molecule has 158 valence electrons. The Balaban J connectivity index is 1.33. The molecule has 5 nitrogen and oxygen atoms in total. The van der Waals surface area contributed by atoms with E-state index in [0.717, 1.165) is 36.1 Å². The summed E-state index contributed by atoms with van der Waals surface area (Å²) in [4.78, 5) is 26.8. The Hall–Kier alpha value is -1.86. The van der Waals surface area contributed by atoms with Crippen LogP contribution in [0.25, 0.3) is 6.08 Å². The molecular weight excluding hydrogens is 416 g/mol. The number of amides is 2. The SMILES string of the molecule is COc1cc(/C=C2/SC(=S)N(NC(=O)C34CC5CC(CC(C5)C3)C4)C2=O)ccc1C. The number of nitrogens with one attached hydrogen (secondary N) is 1. The average Bonchev–Trinajstić information content (AvgIpc) is 2.95. The second-order valence-corrected chi connectivity index (χ2v) is 11.1. The Morgan fingerprint density at radius 3 is 2.47 bits per heavy atom. The molecule has 1 heterocycles. The van der Waals surface area contributed by atoms with Crippen molar-refractivity contribution >= 4 is 46.2 Å². The first-order valence-corrected chi connectivity index (χ1v) is 11.8. The minimum atomic E-state index is -0.313. The predicted octanol–water partition coefficient (Wildman–Crippen LogP) is 4.45. The van der Waals surface area contributed by atoms with Crippen molar-refractivity contribution in [3.8, 4) is 5.75 Å². The second kappa shape index (κ2) is 7.38. The van der Waals surface area contributed by atoms with Crippen molar-refractivity contribution in [1.82, 2.24) is 10.4 Å². The number of aryl methyl sites for hydroxylation is 1. The van der Waals surface area contributed by atoms with Gasteiger partial charge < -0.3 is 4.74 Å². The van der Waals surface area contributed by atoms with E-state index in [1.165, 1.54) is 36.0 Å². The van der Waals surface area contributed by atoms with Crippen molar-refractivity contribution in [2.24, 2.45) is 23.2 Å². The molecule has 1 aromatic carbocycles. The molecule has 0 spiro atoms. The van der Waals surface area contributed by atoms with Crippen molar-refractivity contribution < 1.29 is 14.3 Å². The van der Waals surface area contributed by atoms with Gasteiger partial charge in [-0.05, 0) is 98.7 Å². The third-order valence-corrected chi connectivity index (χ3v) is 8.56. The molecule has 0 radical (unpaired) electrons. The summed E-state index contributed by atoms with van der Waals surface area (Å²) in [6.07, 6.45) is 8.50. The minimum absolute atomic E-state index is 0.0174. The molecule has 1 N–H and O–H groups in total. The highest BCUT2D eigenvalue weighted by Crippen LogP contribution is 2.60. The van der Waals surface area contributed by atoms with Gasteiger partial charge in [0.25, 0.3) is 5.91 Å². The lowest BCUT2D eigenvalue weighted by molar-refractivity contribution is -0.152. The van der Waals surface area contributed by atoms with Crippen LogP contribution in [0.15, 0.2) is 23.1 Å². The minimum Gasteiger partial charge on any atom is -0.496 e. The van der Waals surface area contributed by atoms with Gasteiger partial charge in [0.05, 0.1) is 17.4 Å². The van der Waals surface area contributed by atoms with Crippen LogP contribution in [-0.4, -0.2) is 28.3 Å². The first-order chi connectivity index (χ1) is 14.4. The zero-order valence-corrected chi connectivity index (χ0v) is 18.9. The fourth-order valence-electron chi connectivity index (χ4n) is 6.25. The van der Waals surface area contributed by atoms with Gasteiger partial charge >= 0.3 is 0 Å². The van der Waals surface area contributed by atoms with Gasteiger partial charge in [0, 0.05) is 0 Å². The number of hydrogen-bond acceptors (Lipinski definition) is 5. The molecule has 7 heteroatoms. The van der Waals surface area contributed by atoms with Gasteiger partial charge in [-0.15, -0.1) is 0 Å². The number of thiocarbonyl (C=S) groups is 1. The summed E-state index contributed by atoms with van der Waals surface area (Å²) in [7, 11) is 1.63. The number of nitrogens with zero attached hydrogens (tertiary/aromatic N) is 1. The highest BCUT2D eigenvalue weighted by Gasteiger charge is 2.55. The maximum Gasteiger partial charge on any atom is 0.285 e. The predicted molar refractivity (Wildman–Crippen MR) is 121 cm³/mol. The number of hydrogen-bond donors (Lipinski definition) is 1. The third kappa shape index (κ3) is 3.36. The van der Waals surface area contributed by atoms with E-state index in [4.69, 9.17) is 17.0 Å². The zero-order chi connectivity index (χ0) is 21.0. The normalized spacial score (nSPS) is 33.5. The Kier molecular flexibility index (Phi) is 4.93. The number of benzene rings is 1. The van der Waals surface area contributed by atoms with E-state index < -0.39 is 0 Å². The molecule has 0 aromatic heterocycles. The molecule has 1 aromatic rings. The van der Waals surface area contributed by atoms with Gasteiger partial charge in [-0.1, -0.05) is 23.9 Å². The fraction of sp³-hybridized carbons (Fsp3) is 0.522. The smallest absolute Gasteiger partial charge is 0.285 e. The van der Waals surface area contributed by atoms with E-state index in [2.05, 4.69) is 5.43 Å². The third-order valence-electron chi connectivity index (χ3n) is 7.26. The topological polar surface area (TPSA) is 58.6 Å². The number of thioether (sulfide) groups is 1. The van der Waals surface area contributed by atoms with Crippen molar-refractivity contribution in [3.05, 3.63) is 34.2 Å². The quantitative estimate of drug-likeness (QED) is 0.551. The molecule has 30 heavy (non-hydrogen) atoms. The van der Waals surface area contributed by atoms with Crippen LogP contribution in [0.1, 0.15) is 49.7 Å². The Morgan fingerprint density at radius 2 is 1.87 bits per heavy atom. The summed E-state index contributed by atoms with van der Waals surface area (Å²) in [5, 5.41) is 1.28. The van der Waals surface area contributed by atoms with Gasteiger partial charge in [-0.25, -0.2) is 0 Å². The van der Waals surface area contributed by atoms with Gasteiger partial charge in [0.2, 0.25) is 5.91 Å². The van der Waals surface area contributed by atoms with Crippen LogP contribution in [0.3, 0.4) is 0 Å². The van der Waals surface area contributed by atoms with E-state index in [-0.39, 0.29) is 17.2 Å².